The third kappa shape index (κ3) is 3.96. The van der Waals surface area contributed by atoms with Crippen molar-refractivity contribution in [3.63, 3.8) is 0 Å². The van der Waals surface area contributed by atoms with Crippen LogP contribution in [0.4, 0.5) is 0 Å². The Balaban J connectivity index is 0.00000218. The highest BCUT2D eigenvalue weighted by Gasteiger charge is 2.30. The summed E-state index contributed by atoms with van der Waals surface area (Å²) in [6.07, 6.45) is 4.33. The number of nitrogens with zero attached hydrogens (tertiary/aromatic N) is 5. The molecule has 0 bridgehead atoms. The smallest absolute Gasteiger partial charge is 0.151 e. The van der Waals surface area contributed by atoms with Crippen LogP contribution in [0.15, 0.2) is 24.3 Å². The van der Waals surface area contributed by atoms with Crippen LogP contribution < -0.4 is 5.32 Å². The van der Waals surface area contributed by atoms with E-state index in [0.29, 0.717) is 18.4 Å². The second-order valence-corrected chi connectivity index (χ2v) is 8.68. The van der Waals surface area contributed by atoms with Crippen LogP contribution in [0.5, 0.6) is 0 Å². The molecule has 1 aromatic carbocycles. The maximum Gasteiger partial charge on any atom is 0.151 e. The van der Waals surface area contributed by atoms with Crippen LogP contribution in [-0.2, 0) is 13.1 Å². The summed E-state index contributed by atoms with van der Waals surface area (Å²) in [6.45, 7) is 5.60. The van der Waals surface area contributed by atoms with Gasteiger partial charge >= 0.3 is 0 Å². The number of nitrogens with one attached hydrogen (secondary N) is 1. The third-order valence-electron chi connectivity index (χ3n) is 6.09. The molecule has 1 aliphatic heterocycles. The zero-order valence-corrected chi connectivity index (χ0v) is 18.8. The average Bonchev–Trinajstić information content (AvgIpc) is 3.03. The monoisotopic (exact) mass is 444 g/mol. The predicted octanol–water partition coefficient (Wildman–Crippen LogP) is 4.79. The second-order valence-electron chi connectivity index (χ2n) is 8.24. The van der Waals surface area contributed by atoms with Gasteiger partial charge in [-0.3, -0.25) is 4.57 Å². The van der Waals surface area contributed by atoms with E-state index in [1.54, 1.807) is 0 Å². The summed E-state index contributed by atoms with van der Waals surface area (Å²) in [5.74, 6) is 3.89. The van der Waals surface area contributed by atoms with Crippen molar-refractivity contribution in [1.29, 1.82) is 0 Å². The van der Waals surface area contributed by atoms with E-state index in [9.17, 15) is 0 Å². The quantitative estimate of drug-likeness (QED) is 0.614. The molecule has 0 spiro atoms. The van der Waals surface area contributed by atoms with Crippen LogP contribution in [0, 0.1) is 13.8 Å². The molecule has 0 saturated heterocycles. The molecule has 0 unspecified atom stereocenters. The summed E-state index contributed by atoms with van der Waals surface area (Å²) in [7, 11) is 0. The van der Waals surface area contributed by atoms with Gasteiger partial charge in [0.05, 0.1) is 12.2 Å². The highest BCUT2D eigenvalue weighted by atomic mass is 35.5. The molecule has 0 amide bonds. The Hall–Kier alpha value is -2.02. The molecule has 6 nitrogen and oxygen atoms in total. The fourth-order valence-electron chi connectivity index (χ4n) is 4.74. The standard InChI is InChI=1S/C22H25ClN6.ClH/c1-13-9-14(2)26-21(25-13)15-3-5-16(6-4-15)22-28-27-20-12-24-11-17-10-18(23)7-8-19(17)29(20)22;/h7-10,15-16,24H,3-6,11-12H2,1-2H3;1H. The summed E-state index contributed by atoms with van der Waals surface area (Å²) in [5, 5.41) is 13.3. The minimum atomic E-state index is 0. The van der Waals surface area contributed by atoms with Gasteiger partial charge in [-0.2, -0.15) is 0 Å². The Bertz CT molecular complexity index is 1040. The summed E-state index contributed by atoms with van der Waals surface area (Å²) in [5.41, 5.74) is 4.45. The first kappa shape index (κ1) is 21.2. The second kappa shape index (κ2) is 8.61. The number of hydrogen-bond donors (Lipinski definition) is 1. The molecule has 1 saturated carbocycles. The van der Waals surface area contributed by atoms with Crippen molar-refractivity contribution in [2.45, 2.75) is 64.5 Å². The molecule has 3 aromatic rings. The van der Waals surface area contributed by atoms with E-state index in [0.717, 1.165) is 71.8 Å². The number of halogens is 2. The number of fused-ring (bicyclic) bond motifs is 3. The molecular formula is C22H26Cl2N6. The van der Waals surface area contributed by atoms with Crippen LogP contribution in [-0.4, -0.2) is 24.7 Å². The van der Waals surface area contributed by atoms with Gasteiger partial charge in [0.15, 0.2) is 5.82 Å². The number of aromatic nitrogens is 5. The van der Waals surface area contributed by atoms with Gasteiger partial charge in [-0.25, -0.2) is 9.97 Å². The molecule has 30 heavy (non-hydrogen) atoms. The molecule has 2 aromatic heterocycles. The average molecular weight is 445 g/mol. The van der Waals surface area contributed by atoms with E-state index in [-0.39, 0.29) is 12.4 Å². The van der Waals surface area contributed by atoms with E-state index in [1.807, 2.05) is 32.0 Å². The number of benzene rings is 1. The molecule has 0 radical (unpaired) electrons. The van der Waals surface area contributed by atoms with Crippen molar-refractivity contribution in [2.75, 3.05) is 0 Å². The van der Waals surface area contributed by atoms with Crippen LogP contribution in [0.3, 0.4) is 0 Å². The lowest BCUT2D eigenvalue weighted by Crippen LogP contribution is -2.18. The van der Waals surface area contributed by atoms with E-state index in [1.165, 1.54) is 5.56 Å². The summed E-state index contributed by atoms with van der Waals surface area (Å²) < 4.78 is 2.25. The van der Waals surface area contributed by atoms with Gasteiger partial charge in [0, 0.05) is 34.8 Å². The van der Waals surface area contributed by atoms with E-state index < -0.39 is 0 Å². The van der Waals surface area contributed by atoms with E-state index >= 15 is 0 Å². The Kier molecular flexibility index (Phi) is 6.09. The van der Waals surface area contributed by atoms with Crippen molar-refractivity contribution in [2.24, 2.45) is 0 Å². The Morgan fingerprint density at radius 1 is 0.933 bits per heavy atom. The summed E-state index contributed by atoms with van der Waals surface area (Å²) in [4.78, 5) is 9.40. The predicted molar refractivity (Wildman–Crippen MR) is 120 cm³/mol. The van der Waals surface area contributed by atoms with Gasteiger partial charge in [0.2, 0.25) is 0 Å². The highest BCUT2D eigenvalue weighted by molar-refractivity contribution is 6.30. The van der Waals surface area contributed by atoms with Crippen LogP contribution in [0.1, 0.15) is 71.9 Å². The molecule has 158 valence electrons. The fraction of sp³-hybridized carbons (Fsp3) is 0.455. The first-order chi connectivity index (χ1) is 14.1. The molecule has 2 aliphatic rings. The Morgan fingerprint density at radius 3 is 2.37 bits per heavy atom. The largest absolute Gasteiger partial charge is 0.306 e. The fourth-order valence-corrected chi connectivity index (χ4v) is 4.93. The number of aryl methyl sites for hydroxylation is 2. The zero-order chi connectivity index (χ0) is 20.0. The SMILES string of the molecule is Cc1cc(C)nc(C2CCC(c3nnc4n3-c3ccc(Cl)cc3CNC4)CC2)n1.Cl. The lowest BCUT2D eigenvalue weighted by molar-refractivity contribution is 0.371. The van der Waals surface area contributed by atoms with Gasteiger partial charge in [0.25, 0.3) is 0 Å². The van der Waals surface area contributed by atoms with Crippen LogP contribution in [0.2, 0.25) is 5.02 Å². The van der Waals surface area contributed by atoms with Gasteiger partial charge in [-0.05, 0) is 69.4 Å². The molecule has 1 aliphatic carbocycles. The zero-order valence-electron chi connectivity index (χ0n) is 17.2. The topological polar surface area (TPSA) is 68.5 Å². The molecule has 1 fully saturated rings. The maximum atomic E-state index is 6.24. The number of rotatable bonds is 2. The number of hydrogen-bond acceptors (Lipinski definition) is 5. The van der Waals surface area contributed by atoms with E-state index in [4.69, 9.17) is 21.6 Å². The molecule has 3 heterocycles. The van der Waals surface area contributed by atoms with Gasteiger partial charge in [0.1, 0.15) is 11.6 Å². The molecule has 5 rings (SSSR count). The van der Waals surface area contributed by atoms with Crippen molar-refractivity contribution >= 4 is 24.0 Å². The van der Waals surface area contributed by atoms with Crippen LogP contribution >= 0.6 is 24.0 Å². The van der Waals surface area contributed by atoms with Crippen molar-refractivity contribution in [3.05, 3.63) is 63.7 Å². The summed E-state index contributed by atoms with van der Waals surface area (Å²) in [6, 6.07) is 8.12. The molecule has 1 N–H and O–H groups in total. The van der Waals surface area contributed by atoms with Crippen LogP contribution in [0.25, 0.3) is 5.69 Å². The lowest BCUT2D eigenvalue weighted by Gasteiger charge is -2.28. The van der Waals surface area contributed by atoms with Gasteiger partial charge in [-0.15, -0.1) is 22.6 Å². The van der Waals surface area contributed by atoms with Crippen molar-refractivity contribution in [3.8, 4) is 5.69 Å². The van der Waals surface area contributed by atoms with Gasteiger partial charge < -0.3 is 5.32 Å². The minimum absolute atomic E-state index is 0. The maximum absolute atomic E-state index is 6.24. The molecular weight excluding hydrogens is 419 g/mol. The van der Waals surface area contributed by atoms with E-state index in [2.05, 4.69) is 26.1 Å². The minimum Gasteiger partial charge on any atom is -0.306 e. The highest BCUT2D eigenvalue weighted by Crippen LogP contribution is 2.40. The van der Waals surface area contributed by atoms with Gasteiger partial charge in [-0.1, -0.05) is 11.6 Å². The first-order valence-corrected chi connectivity index (χ1v) is 10.7. The Labute approximate surface area is 187 Å². The Morgan fingerprint density at radius 2 is 1.63 bits per heavy atom. The first-order valence-electron chi connectivity index (χ1n) is 10.3. The normalized spacial score (nSPS) is 20.6. The van der Waals surface area contributed by atoms with Crippen molar-refractivity contribution < 1.29 is 0 Å². The third-order valence-corrected chi connectivity index (χ3v) is 6.33. The lowest BCUT2D eigenvalue weighted by atomic mass is 9.81. The summed E-state index contributed by atoms with van der Waals surface area (Å²) >= 11 is 6.24. The van der Waals surface area contributed by atoms with Crippen molar-refractivity contribution in [1.82, 2.24) is 30.0 Å². The molecule has 0 atom stereocenters. The molecule has 8 heteroatoms.